The third-order valence-electron chi connectivity index (χ3n) is 2.60. The van der Waals surface area contributed by atoms with Gasteiger partial charge in [0.05, 0.1) is 6.04 Å². The van der Waals surface area contributed by atoms with Crippen LogP contribution in [0.15, 0.2) is 22.7 Å². The van der Waals surface area contributed by atoms with Crippen LogP contribution in [-0.2, 0) is 4.79 Å². The molecule has 1 aromatic carbocycles. The molecule has 1 aliphatic heterocycles. The first-order chi connectivity index (χ1) is 8.08. The zero-order valence-corrected chi connectivity index (χ0v) is 11.4. The zero-order valence-electron chi connectivity index (χ0n) is 9.00. The number of nitrogens with one attached hydrogen (secondary N) is 2. The summed E-state index contributed by atoms with van der Waals surface area (Å²) in [5.74, 6) is 0.0642. The average Bonchev–Trinajstić information content (AvgIpc) is 2.63. The number of hydrogen-bond donors (Lipinski definition) is 3. The van der Waals surface area contributed by atoms with E-state index in [1.807, 2.05) is 18.2 Å². The van der Waals surface area contributed by atoms with Crippen molar-refractivity contribution >= 4 is 44.7 Å². The summed E-state index contributed by atoms with van der Waals surface area (Å²) in [4.78, 5) is 11.4. The Balaban J connectivity index is 2.23. The van der Waals surface area contributed by atoms with Crippen molar-refractivity contribution in [1.82, 2.24) is 5.32 Å². The van der Waals surface area contributed by atoms with Crippen molar-refractivity contribution in [2.75, 3.05) is 11.9 Å². The van der Waals surface area contributed by atoms with Crippen LogP contribution >= 0.6 is 28.1 Å². The number of nitrogens with two attached hydrogens (primary N) is 1. The van der Waals surface area contributed by atoms with Crippen molar-refractivity contribution in [2.45, 2.75) is 12.5 Å². The van der Waals surface area contributed by atoms with Gasteiger partial charge in [-0.1, -0.05) is 18.3 Å². The minimum Gasteiger partial charge on any atom is -0.389 e. The van der Waals surface area contributed by atoms with Gasteiger partial charge in [0.1, 0.15) is 4.99 Å². The van der Waals surface area contributed by atoms with E-state index in [-0.39, 0.29) is 11.9 Å². The number of carbonyl (C=O) groups is 1. The smallest absolute Gasteiger partial charge is 0.222 e. The van der Waals surface area contributed by atoms with Gasteiger partial charge in [-0.05, 0) is 28.1 Å². The minimum absolute atomic E-state index is 0.0642. The molecule has 90 valence electrons. The maximum absolute atomic E-state index is 11.1. The van der Waals surface area contributed by atoms with Crippen LogP contribution in [0.2, 0.25) is 0 Å². The predicted molar refractivity (Wildman–Crippen MR) is 75.1 cm³/mol. The van der Waals surface area contributed by atoms with Crippen LogP contribution in [0, 0.1) is 0 Å². The Morgan fingerprint density at radius 1 is 1.59 bits per heavy atom. The molecule has 1 unspecified atom stereocenters. The summed E-state index contributed by atoms with van der Waals surface area (Å²) < 4.78 is 0.854. The van der Waals surface area contributed by atoms with Gasteiger partial charge in [-0.3, -0.25) is 4.79 Å². The van der Waals surface area contributed by atoms with Gasteiger partial charge in [-0.2, -0.15) is 0 Å². The summed E-state index contributed by atoms with van der Waals surface area (Å²) in [7, 11) is 0. The molecule has 0 aromatic heterocycles. The van der Waals surface area contributed by atoms with Crippen LogP contribution in [0.4, 0.5) is 5.69 Å². The molecule has 1 fully saturated rings. The molecule has 1 aliphatic rings. The van der Waals surface area contributed by atoms with Crippen LogP contribution in [-0.4, -0.2) is 23.5 Å². The molecule has 0 aliphatic carbocycles. The summed E-state index contributed by atoms with van der Waals surface area (Å²) >= 11 is 8.45. The average molecular weight is 314 g/mol. The Hall–Kier alpha value is -1.14. The number of carbonyl (C=O) groups excluding carboxylic acids is 1. The number of hydrogen-bond acceptors (Lipinski definition) is 3. The number of anilines is 1. The second-order valence-electron chi connectivity index (χ2n) is 3.88. The largest absolute Gasteiger partial charge is 0.389 e. The van der Waals surface area contributed by atoms with E-state index in [1.54, 1.807) is 0 Å². The molecule has 0 bridgehead atoms. The van der Waals surface area contributed by atoms with Gasteiger partial charge >= 0.3 is 0 Å². The fraction of sp³-hybridized carbons (Fsp3) is 0.273. The Labute approximate surface area is 113 Å². The SMILES string of the molecule is NC(=S)c1c(Br)cccc1NC1CNC(=O)C1. The molecule has 0 radical (unpaired) electrons. The Morgan fingerprint density at radius 3 is 2.94 bits per heavy atom. The highest BCUT2D eigenvalue weighted by molar-refractivity contribution is 9.10. The van der Waals surface area contributed by atoms with E-state index in [4.69, 9.17) is 18.0 Å². The van der Waals surface area contributed by atoms with Gasteiger partial charge in [0.25, 0.3) is 0 Å². The predicted octanol–water partition coefficient (Wildman–Crippen LogP) is 1.38. The Kier molecular flexibility index (Phi) is 3.63. The van der Waals surface area contributed by atoms with E-state index in [2.05, 4.69) is 26.6 Å². The standard InChI is InChI=1S/C11H12BrN3OS/c12-7-2-1-3-8(10(7)11(13)17)15-6-4-9(16)14-5-6/h1-3,6,15H,4-5H2,(H2,13,17)(H,14,16). The van der Waals surface area contributed by atoms with Crippen molar-refractivity contribution < 1.29 is 4.79 Å². The first-order valence-corrected chi connectivity index (χ1v) is 6.39. The molecule has 2 rings (SSSR count). The highest BCUT2D eigenvalue weighted by Gasteiger charge is 2.22. The van der Waals surface area contributed by atoms with E-state index in [0.29, 0.717) is 18.0 Å². The van der Waals surface area contributed by atoms with Crippen LogP contribution in [0.3, 0.4) is 0 Å². The first kappa shape index (κ1) is 12.3. The quantitative estimate of drug-likeness (QED) is 0.738. The van der Waals surface area contributed by atoms with Gasteiger partial charge in [-0.25, -0.2) is 0 Å². The van der Waals surface area contributed by atoms with E-state index < -0.39 is 0 Å². The Bertz CT molecular complexity index is 478. The molecule has 0 saturated carbocycles. The molecule has 4 N–H and O–H groups in total. The van der Waals surface area contributed by atoms with Crippen molar-refractivity contribution in [1.29, 1.82) is 0 Å². The lowest BCUT2D eigenvalue weighted by Crippen LogP contribution is -2.24. The third-order valence-corrected chi connectivity index (χ3v) is 3.46. The van der Waals surface area contributed by atoms with Crippen LogP contribution in [0.5, 0.6) is 0 Å². The van der Waals surface area contributed by atoms with Gasteiger partial charge in [-0.15, -0.1) is 0 Å². The van der Waals surface area contributed by atoms with E-state index >= 15 is 0 Å². The molecule has 4 nitrogen and oxygen atoms in total. The molecule has 17 heavy (non-hydrogen) atoms. The van der Waals surface area contributed by atoms with E-state index in [9.17, 15) is 4.79 Å². The van der Waals surface area contributed by atoms with E-state index in [0.717, 1.165) is 15.7 Å². The molecule has 1 aromatic rings. The van der Waals surface area contributed by atoms with Crippen molar-refractivity contribution in [3.8, 4) is 0 Å². The number of halogens is 1. The number of rotatable bonds is 3. The van der Waals surface area contributed by atoms with Gasteiger partial charge in [0.2, 0.25) is 5.91 Å². The van der Waals surface area contributed by atoms with Crippen LogP contribution in [0.1, 0.15) is 12.0 Å². The second-order valence-corrected chi connectivity index (χ2v) is 5.17. The summed E-state index contributed by atoms with van der Waals surface area (Å²) in [6.45, 7) is 0.627. The van der Waals surface area contributed by atoms with Gasteiger partial charge in [0.15, 0.2) is 0 Å². The van der Waals surface area contributed by atoms with Crippen molar-refractivity contribution in [2.24, 2.45) is 5.73 Å². The highest BCUT2D eigenvalue weighted by atomic mass is 79.9. The zero-order chi connectivity index (χ0) is 12.4. The van der Waals surface area contributed by atoms with Gasteiger partial charge in [0, 0.05) is 28.7 Å². The lowest BCUT2D eigenvalue weighted by Gasteiger charge is -2.16. The first-order valence-electron chi connectivity index (χ1n) is 5.19. The van der Waals surface area contributed by atoms with Crippen molar-refractivity contribution in [3.05, 3.63) is 28.2 Å². The maximum Gasteiger partial charge on any atom is 0.222 e. The number of amides is 1. The van der Waals surface area contributed by atoms with Crippen LogP contribution in [0.25, 0.3) is 0 Å². The number of benzene rings is 1. The summed E-state index contributed by atoms with van der Waals surface area (Å²) in [6, 6.07) is 5.78. The Morgan fingerprint density at radius 2 is 2.35 bits per heavy atom. The molecule has 1 saturated heterocycles. The van der Waals surface area contributed by atoms with Gasteiger partial charge < -0.3 is 16.4 Å². The maximum atomic E-state index is 11.1. The molecule has 6 heteroatoms. The fourth-order valence-corrected chi connectivity index (χ4v) is 2.75. The van der Waals surface area contributed by atoms with Crippen molar-refractivity contribution in [3.63, 3.8) is 0 Å². The monoisotopic (exact) mass is 313 g/mol. The number of thiocarbonyl (C=S) groups is 1. The molecule has 1 amide bonds. The lowest BCUT2D eigenvalue weighted by molar-refractivity contribution is -0.119. The molecule has 1 heterocycles. The van der Waals surface area contributed by atoms with Crippen LogP contribution < -0.4 is 16.4 Å². The molecule has 1 atom stereocenters. The minimum atomic E-state index is 0.0642. The topological polar surface area (TPSA) is 67.2 Å². The molecular weight excluding hydrogens is 302 g/mol. The second kappa shape index (κ2) is 5.01. The van der Waals surface area contributed by atoms with E-state index in [1.165, 1.54) is 0 Å². The lowest BCUT2D eigenvalue weighted by atomic mass is 10.1. The molecular formula is C11H12BrN3OS. The molecule has 0 spiro atoms. The summed E-state index contributed by atoms with van der Waals surface area (Å²) in [5.41, 5.74) is 7.33. The normalized spacial score (nSPS) is 18.9. The summed E-state index contributed by atoms with van der Waals surface area (Å²) in [5, 5.41) is 6.06. The third kappa shape index (κ3) is 2.76. The highest BCUT2D eigenvalue weighted by Crippen LogP contribution is 2.25. The summed E-state index contributed by atoms with van der Waals surface area (Å²) in [6.07, 6.45) is 0.475. The fourth-order valence-electron chi connectivity index (χ4n) is 1.82.